The van der Waals surface area contributed by atoms with Gasteiger partial charge in [0.05, 0.1) is 0 Å². The van der Waals surface area contributed by atoms with Gasteiger partial charge in [0.25, 0.3) is 0 Å². The van der Waals surface area contributed by atoms with Gasteiger partial charge in [-0.05, 0) is 36.6 Å². The average Bonchev–Trinajstić information content (AvgIpc) is 2.40. The fourth-order valence-electron chi connectivity index (χ4n) is 1.88. The van der Waals surface area contributed by atoms with Gasteiger partial charge < -0.3 is 5.32 Å². The number of carbonyl (C=O) groups is 1. The van der Waals surface area contributed by atoms with Crippen LogP contribution in [0.3, 0.4) is 0 Å². The average molecular weight is 257 g/mol. The van der Waals surface area contributed by atoms with Gasteiger partial charge in [0, 0.05) is 12.1 Å². The fourth-order valence-corrected chi connectivity index (χ4v) is 1.88. The number of anilines is 1. The zero-order valence-corrected chi connectivity index (χ0v) is 10.8. The molecule has 1 amide bonds. The van der Waals surface area contributed by atoms with Crippen LogP contribution in [-0.4, -0.2) is 5.91 Å². The van der Waals surface area contributed by atoms with Crippen molar-refractivity contribution in [1.29, 1.82) is 0 Å². The van der Waals surface area contributed by atoms with E-state index in [9.17, 15) is 9.18 Å². The molecule has 0 atom stereocenters. The molecule has 2 rings (SSSR count). The number of amides is 1. The van der Waals surface area contributed by atoms with Crippen molar-refractivity contribution >= 4 is 11.6 Å². The molecule has 98 valence electrons. The zero-order chi connectivity index (χ0) is 13.7. The summed E-state index contributed by atoms with van der Waals surface area (Å²) in [6.07, 6.45) is 0.680. The first kappa shape index (κ1) is 13.3. The third-order valence-electron chi connectivity index (χ3n) is 3.00. The molecule has 0 aliphatic rings. The predicted molar refractivity (Wildman–Crippen MR) is 74.5 cm³/mol. The second kappa shape index (κ2) is 6.14. The highest BCUT2D eigenvalue weighted by Crippen LogP contribution is 2.14. The van der Waals surface area contributed by atoms with Crippen LogP contribution in [0.2, 0.25) is 0 Å². The Kier molecular flexibility index (Phi) is 4.29. The molecule has 0 spiro atoms. The third-order valence-corrected chi connectivity index (χ3v) is 3.00. The van der Waals surface area contributed by atoms with Gasteiger partial charge in [0.15, 0.2) is 0 Å². The topological polar surface area (TPSA) is 29.1 Å². The molecule has 0 unspecified atom stereocenters. The summed E-state index contributed by atoms with van der Waals surface area (Å²) in [5.41, 5.74) is 2.39. The van der Waals surface area contributed by atoms with E-state index in [1.54, 1.807) is 18.2 Å². The van der Waals surface area contributed by atoms with Crippen LogP contribution in [0, 0.1) is 12.7 Å². The minimum Gasteiger partial charge on any atom is -0.326 e. The Labute approximate surface area is 112 Å². The van der Waals surface area contributed by atoms with Crippen LogP contribution in [0.25, 0.3) is 0 Å². The Balaban J connectivity index is 1.92. The smallest absolute Gasteiger partial charge is 0.224 e. The monoisotopic (exact) mass is 257 g/mol. The predicted octanol–water partition coefficient (Wildman–Crippen LogP) is 3.71. The highest BCUT2D eigenvalue weighted by molar-refractivity contribution is 5.91. The molecule has 0 saturated heterocycles. The van der Waals surface area contributed by atoms with Gasteiger partial charge >= 0.3 is 0 Å². The lowest BCUT2D eigenvalue weighted by atomic mass is 10.1. The molecular weight excluding hydrogens is 241 g/mol. The number of rotatable bonds is 4. The molecule has 2 nitrogen and oxygen atoms in total. The zero-order valence-electron chi connectivity index (χ0n) is 10.8. The van der Waals surface area contributed by atoms with Crippen LogP contribution in [0.15, 0.2) is 48.5 Å². The van der Waals surface area contributed by atoms with Gasteiger partial charge in [0.1, 0.15) is 5.82 Å². The van der Waals surface area contributed by atoms with Crippen molar-refractivity contribution in [2.45, 2.75) is 19.8 Å². The van der Waals surface area contributed by atoms with E-state index >= 15 is 0 Å². The van der Waals surface area contributed by atoms with E-state index < -0.39 is 0 Å². The van der Waals surface area contributed by atoms with Crippen molar-refractivity contribution < 1.29 is 9.18 Å². The van der Waals surface area contributed by atoms with Crippen molar-refractivity contribution in [2.24, 2.45) is 0 Å². The minimum atomic E-state index is -0.258. The molecule has 0 aliphatic carbocycles. The second-order valence-corrected chi connectivity index (χ2v) is 4.45. The summed E-state index contributed by atoms with van der Waals surface area (Å²) in [5.74, 6) is -0.358. The molecule has 0 bridgehead atoms. The summed E-state index contributed by atoms with van der Waals surface area (Å²) in [6.45, 7) is 1.94. The number of aryl methyl sites for hydroxylation is 2. The van der Waals surface area contributed by atoms with Crippen molar-refractivity contribution in [3.63, 3.8) is 0 Å². The molecule has 2 aromatic rings. The van der Waals surface area contributed by atoms with Gasteiger partial charge in [-0.3, -0.25) is 4.79 Å². The normalized spacial score (nSPS) is 10.2. The molecule has 19 heavy (non-hydrogen) atoms. The molecule has 0 aromatic heterocycles. The molecule has 0 radical (unpaired) electrons. The summed E-state index contributed by atoms with van der Waals surface area (Å²) in [4.78, 5) is 11.8. The third kappa shape index (κ3) is 3.65. The molecule has 0 fully saturated rings. The first-order chi connectivity index (χ1) is 9.16. The number of hydrogen-bond acceptors (Lipinski definition) is 1. The first-order valence-electron chi connectivity index (χ1n) is 6.25. The number of carbonyl (C=O) groups excluding carboxylic acids is 1. The summed E-state index contributed by atoms with van der Waals surface area (Å²) in [6, 6.07) is 14.1. The molecule has 2 aromatic carbocycles. The maximum atomic E-state index is 13.4. The summed E-state index contributed by atoms with van der Waals surface area (Å²) < 4.78 is 13.4. The van der Waals surface area contributed by atoms with Crippen molar-refractivity contribution in [1.82, 2.24) is 0 Å². The highest BCUT2D eigenvalue weighted by atomic mass is 19.1. The van der Waals surface area contributed by atoms with Gasteiger partial charge in [-0.2, -0.15) is 0 Å². The van der Waals surface area contributed by atoms with E-state index in [1.165, 1.54) is 6.07 Å². The Morgan fingerprint density at radius 1 is 1.11 bits per heavy atom. The fraction of sp³-hybridized carbons (Fsp3) is 0.188. The van der Waals surface area contributed by atoms with Gasteiger partial charge in [0.2, 0.25) is 5.91 Å². The minimum absolute atomic E-state index is 0.0995. The summed E-state index contributed by atoms with van der Waals surface area (Å²) in [5, 5.41) is 2.84. The number of nitrogens with one attached hydrogen (secondary N) is 1. The first-order valence-corrected chi connectivity index (χ1v) is 6.25. The molecule has 0 aliphatic heterocycles. The van der Waals surface area contributed by atoms with Crippen molar-refractivity contribution in [2.75, 3.05) is 5.32 Å². The Morgan fingerprint density at radius 2 is 1.79 bits per heavy atom. The molecular formula is C16H16FNO. The van der Waals surface area contributed by atoms with Crippen molar-refractivity contribution in [3.05, 3.63) is 65.5 Å². The van der Waals surface area contributed by atoms with E-state index in [4.69, 9.17) is 0 Å². The number of halogens is 1. The number of benzene rings is 2. The van der Waals surface area contributed by atoms with Crippen LogP contribution in [-0.2, 0) is 11.2 Å². The van der Waals surface area contributed by atoms with Gasteiger partial charge in [-0.1, -0.05) is 36.4 Å². The van der Waals surface area contributed by atoms with Crippen LogP contribution in [0.5, 0.6) is 0 Å². The molecule has 0 saturated carbocycles. The SMILES string of the molecule is Cc1ccccc1NC(=O)CCc1ccccc1F. The molecule has 3 heteroatoms. The van der Waals surface area contributed by atoms with E-state index in [0.29, 0.717) is 12.0 Å². The second-order valence-electron chi connectivity index (χ2n) is 4.45. The standard InChI is InChI=1S/C16H16FNO/c1-12-6-2-5-9-15(12)18-16(19)11-10-13-7-3-4-8-14(13)17/h2-9H,10-11H2,1H3,(H,18,19). The van der Waals surface area contributed by atoms with E-state index in [0.717, 1.165) is 11.3 Å². The highest BCUT2D eigenvalue weighted by Gasteiger charge is 2.07. The van der Waals surface area contributed by atoms with Crippen LogP contribution in [0.4, 0.5) is 10.1 Å². The Morgan fingerprint density at radius 3 is 2.53 bits per heavy atom. The lowest BCUT2D eigenvalue weighted by Crippen LogP contribution is -2.13. The maximum absolute atomic E-state index is 13.4. The number of para-hydroxylation sites is 1. The van der Waals surface area contributed by atoms with E-state index in [2.05, 4.69) is 5.32 Å². The lowest BCUT2D eigenvalue weighted by molar-refractivity contribution is -0.116. The van der Waals surface area contributed by atoms with E-state index in [-0.39, 0.29) is 18.1 Å². The van der Waals surface area contributed by atoms with Crippen LogP contribution >= 0.6 is 0 Å². The van der Waals surface area contributed by atoms with Gasteiger partial charge in [-0.15, -0.1) is 0 Å². The molecule has 1 N–H and O–H groups in total. The quantitative estimate of drug-likeness (QED) is 0.889. The lowest BCUT2D eigenvalue weighted by Gasteiger charge is -2.08. The molecule has 0 heterocycles. The largest absolute Gasteiger partial charge is 0.326 e. The van der Waals surface area contributed by atoms with Gasteiger partial charge in [-0.25, -0.2) is 4.39 Å². The summed E-state index contributed by atoms with van der Waals surface area (Å²) in [7, 11) is 0. The summed E-state index contributed by atoms with van der Waals surface area (Å²) >= 11 is 0. The van der Waals surface area contributed by atoms with Crippen LogP contribution in [0.1, 0.15) is 17.5 Å². The number of hydrogen-bond donors (Lipinski definition) is 1. The Hall–Kier alpha value is -2.16. The maximum Gasteiger partial charge on any atom is 0.224 e. The van der Waals surface area contributed by atoms with Crippen LogP contribution < -0.4 is 5.32 Å². The van der Waals surface area contributed by atoms with Crippen molar-refractivity contribution in [3.8, 4) is 0 Å². The van der Waals surface area contributed by atoms with E-state index in [1.807, 2.05) is 31.2 Å². The Bertz CT molecular complexity index is 580.